The second-order valence-electron chi connectivity index (χ2n) is 5.79. The molecule has 0 spiro atoms. The van der Waals surface area contributed by atoms with Crippen LogP contribution in [0.25, 0.3) is 0 Å². The lowest BCUT2D eigenvalue weighted by atomic mass is 10.1. The van der Waals surface area contributed by atoms with Gasteiger partial charge in [-0.3, -0.25) is 19.3 Å². The number of nitrogens with one attached hydrogen (secondary N) is 1. The van der Waals surface area contributed by atoms with Crippen molar-refractivity contribution in [2.45, 2.75) is 6.18 Å². The fourth-order valence-corrected chi connectivity index (χ4v) is 2.55. The molecule has 1 aliphatic heterocycles. The van der Waals surface area contributed by atoms with Gasteiger partial charge in [0, 0.05) is 12.7 Å². The predicted octanol–water partition coefficient (Wildman–Crippen LogP) is 2.95. The molecule has 0 aromatic heterocycles. The monoisotopic (exact) mass is 378 g/mol. The largest absolute Gasteiger partial charge is 0.484 e. The van der Waals surface area contributed by atoms with Crippen LogP contribution in [0.1, 0.15) is 26.3 Å². The van der Waals surface area contributed by atoms with Gasteiger partial charge >= 0.3 is 6.18 Å². The smallest absolute Gasteiger partial charge is 0.416 e. The molecule has 0 atom stereocenters. The molecule has 1 N–H and O–H groups in total. The molecule has 0 bridgehead atoms. The third kappa shape index (κ3) is 3.76. The van der Waals surface area contributed by atoms with Crippen molar-refractivity contribution < 1.29 is 32.3 Å². The summed E-state index contributed by atoms with van der Waals surface area (Å²) in [6.45, 7) is -0.523. The van der Waals surface area contributed by atoms with Gasteiger partial charge in [-0.15, -0.1) is 0 Å². The fraction of sp³-hybridized carbons (Fsp3) is 0.167. The lowest BCUT2D eigenvalue weighted by molar-refractivity contribution is -0.137. The molecule has 2 aromatic rings. The first-order valence-electron chi connectivity index (χ1n) is 7.73. The SMILES string of the molecule is CN1C(=O)c2ccc(NC(=O)COc3cccc(C(F)(F)F)c3)cc2C1=O. The van der Waals surface area contributed by atoms with Crippen LogP contribution in [0.3, 0.4) is 0 Å². The van der Waals surface area contributed by atoms with Crippen molar-refractivity contribution in [1.82, 2.24) is 4.90 Å². The van der Waals surface area contributed by atoms with Crippen LogP contribution >= 0.6 is 0 Å². The van der Waals surface area contributed by atoms with Crippen molar-refractivity contribution in [3.05, 3.63) is 59.2 Å². The van der Waals surface area contributed by atoms with Crippen LogP contribution < -0.4 is 10.1 Å². The van der Waals surface area contributed by atoms with Crippen LogP contribution in [0.5, 0.6) is 5.75 Å². The molecule has 1 aliphatic rings. The Hall–Kier alpha value is -3.36. The van der Waals surface area contributed by atoms with Gasteiger partial charge in [0.25, 0.3) is 17.7 Å². The summed E-state index contributed by atoms with van der Waals surface area (Å²) in [5.74, 6) is -1.64. The summed E-state index contributed by atoms with van der Waals surface area (Å²) < 4.78 is 43.1. The van der Waals surface area contributed by atoms with Crippen molar-refractivity contribution in [2.75, 3.05) is 19.0 Å². The van der Waals surface area contributed by atoms with E-state index < -0.39 is 36.1 Å². The van der Waals surface area contributed by atoms with Crippen molar-refractivity contribution in [1.29, 1.82) is 0 Å². The maximum atomic E-state index is 12.7. The van der Waals surface area contributed by atoms with E-state index in [1.165, 1.54) is 37.4 Å². The molecule has 0 radical (unpaired) electrons. The van der Waals surface area contributed by atoms with Gasteiger partial charge in [-0.25, -0.2) is 0 Å². The van der Waals surface area contributed by atoms with Gasteiger partial charge < -0.3 is 10.1 Å². The standard InChI is InChI=1S/C18H13F3N2O4/c1-23-16(25)13-6-5-11(8-14(13)17(23)26)22-15(24)9-27-12-4-2-3-10(7-12)18(19,20)21/h2-8H,9H2,1H3,(H,22,24). The summed E-state index contributed by atoms with van der Waals surface area (Å²) in [6.07, 6.45) is -4.51. The average molecular weight is 378 g/mol. The number of halogens is 3. The van der Waals surface area contributed by atoms with Crippen molar-refractivity contribution in [3.63, 3.8) is 0 Å². The first-order chi connectivity index (χ1) is 12.7. The molecule has 0 saturated carbocycles. The zero-order chi connectivity index (χ0) is 19.8. The van der Waals surface area contributed by atoms with E-state index in [-0.39, 0.29) is 22.6 Å². The van der Waals surface area contributed by atoms with Crippen LogP contribution in [0.15, 0.2) is 42.5 Å². The van der Waals surface area contributed by atoms with Crippen LogP contribution in [0, 0.1) is 0 Å². The van der Waals surface area contributed by atoms with Crippen molar-refractivity contribution in [2.24, 2.45) is 0 Å². The van der Waals surface area contributed by atoms with Crippen LogP contribution in [-0.2, 0) is 11.0 Å². The summed E-state index contributed by atoms with van der Waals surface area (Å²) in [4.78, 5) is 36.7. The first kappa shape index (κ1) is 18.4. The molecular formula is C18H13F3N2O4. The van der Waals surface area contributed by atoms with Crippen molar-refractivity contribution >= 4 is 23.4 Å². The summed E-state index contributed by atoms with van der Waals surface area (Å²) in [5, 5.41) is 2.47. The van der Waals surface area contributed by atoms with Gasteiger partial charge in [-0.1, -0.05) is 6.07 Å². The van der Waals surface area contributed by atoms with Gasteiger partial charge in [-0.05, 0) is 36.4 Å². The van der Waals surface area contributed by atoms with E-state index in [2.05, 4.69) is 5.32 Å². The zero-order valence-electron chi connectivity index (χ0n) is 14.0. The number of alkyl halides is 3. The second kappa shape index (κ2) is 6.75. The Bertz CT molecular complexity index is 940. The van der Waals surface area contributed by atoms with E-state index in [0.717, 1.165) is 17.0 Å². The molecule has 140 valence electrons. The molecule has 0 aliphatic carbocycles. The van der Waals surface area contributed by atoms with Gasteiger partial charge in [0.05, 0.1) is 16.7 Å². The summed E-state index contributed by atoms with van der Waals surface area (Å²) in [6, 6.07) is 8.40. The Balaban J connectivity index is 1.64. The van der Waals surface area contributed by atoms with Gasteiger partial charge in [0.1, 0.15) is 5.75 Å². The molecule has 27 heavy (non-hydrogen) atoms. The third-order valence-electron chi connectivity index (χ3n) is 3.90. The number of fused-ring (bicyclic) bond motifs is 1. The number of carbonyl (C=O) groups is 3. The number of imide groups is 1. The summed E-state index contributed by atoms with van der Waals surface area (Å²) in [5.41, 5.74) is -0.214. The van der Waals surface area contributed by atoms with Gasteiger partial charge in [0.15, 0.2) is 6.61 Å². The minimum atomic E-state index is -4.51. The molecule has 3 rings (SSSR count). The predicted molar refractivity (Wildman–Crippen MR) is 88.4 cm³/mol. The van der Waals surface area contributed by atoms with Crippen LogP contribution in [-0.4, -0.2) is 36.3 Å². The number of anilines is 1. The highest BCUT2D eigenvalue weighted by Gasteiger charge is 2.33. The highest BCUT2D eigenvalue weighted by atomic mass is 19.4. The molecule has 3 amide bonds. The lowest BCUT2D eigenvalue weighted by Crippen LogP contribution is -2.24. The molecule has 0 unspecified atom stereocenters. The maximum Gasteiger partial charge on any atom is 0.416 e. The Morgan fingerprint density at radius 2 is 1.78 bits per heavy atom. The van der Waals surface area contributed by atoms with Crippen LogP contribution in [0.2, 0.25) is 0 Å². The maximum absolute atomic E-state index is 12.7. The number of benzene rings is 2. The van der Waals surface area contributed by atoms with Gasteiger partial charge in [-0.2, -0.15) is 13.2 Å². The number of amides is 3. The molecule has 2 aromatic carbocycles. The highest BCUT2D eigenvalue weighted by molar-refractivity contribution is 6.21. The second-order valence-corrected chi connectivity index (χ2v) is 5.79. The third-order valence-corrected chi connectivity index (χ3v) is 3.90. The van der Waals surface area contributed by atoms with E-state index in [0.29, 0.717) is 0 Å². The zero-order valence-corrected chi connectivity index (χ0v) is 14.0. The highest BCUT2D eigenvalue weighted by Crippen LogP contribution is 2.31. The Kier molecular flexibility index (Phi) is 4.61. The first-order valence-corrected chi connectivity index (χ1v) is 7.73. The Morgan fingerprint density at radius 3 is 2.48 bits per heavy atom. The normalized spacial score (nSPS) is 13.6. The number of nitrogens with zero attached hydrogens (tertiary/aromatic N) is 1. The molecule has 6 nitrogen and oxygen atoms in total. The molecule has 9 heteroatoms. The minimum Gasteiger partial charge on any atom is -0.484 e. The topological polar surface area (TPSA) is 75.7 Å². The van der Waals surface area contributed by atoms with E-state index in [9.17, 15) is 27.6 Å². The number of hydrogen-bond donors (Lipinski definition) is 1. The van der Waals surface area contributed by atoms with E-state index in [1.807, 2.05) is 0 Å². The summed E-state index contributed by atoms with van der Waals surface area (Å²) >= 11 is 0. The fourth-order valence-electron chi connectivity index (χ4n) is 2.55. The lowest BCUT2D eigenvalue weighted by Gasteiger charge is -2.10. The van der Waals surface area contributed by atoms with Crippen LogP contribution in [0.4, 0.5) is 18.9 Å². The van der Waals surface area contributed by atoms with Crippen molar-refractivity contribution in [3.8, 4) is 5.75 Å². The number of carbonyl (C=O) groups excluding carboxylic acids is 3. The molecular weight excluding hydrogens is 365 g/mol. The number of ether oxygens (including phenoxy) is 1. The average Bonchev–Trinajstić information content (AvgIpc) is 2.84. The van der Waals surface area contributed by atoms with Gasteiger partial charge in [0.2, 0.25) is 0 Å². The molecule has 0 fully saturated rings. The van der Waals surface area contributed by atoms with E-state index >= 15 is 0 Å². The summed E-state index contributed by atoms with van der Waals surface area (Å²) in [7, 11) is 1.35. The molecule has 0 saturated heterocycles. The molecule has 1 heterocycles. The quantitative estimate of drug-likeness (QED) is 0.830. The Morgan fingerprint density at radius 1 is 1.07 bits per heavy atom. The van der Waals surface area contributed by atoms with E-state index in [4.69, 9.17) is 4.74 Å². The minimum absolute atomic E-state index is 0.101. The Labute approximate surface area is 151 Å². The number of hydrogen-bond acceptors (Lipinski definition) is 4. The number of rotatable bonds is 4. The van der Waals surface area contributed by atoms with E-state index in [1.54, 1.807) is 0 Å².